The molecule has 22 heavy (non-hydrogen) atoms. The fourth-order valence-corrected chi connectivity index (χ4v) is 1.86. The Bertz CT molecular complexity index is 422. The summed E-state index contributed by atoms with van der Waals surface area (Å²) in [6.45, 7) is 2.16. The molecular weight excluding hydrogens is 286 g/mol. The van der Waals surface area contributed by atoms with Crippen LogP contribution in [0.5, 0.6) is 0 Å². The van der Waals surface area contributed by atoms with Gasteiger partial charge in [-0.25, -0.2) is 4.79 Å². The molecule has 0 heterocycles. The lowest BCUT2D eigenvalue weighted by atomic mass is 10.1. The molecule has 0 aliphatic rings. The fourth-order valence-electron chi connectivity index (χ4n) is 1.86. The van der Waals surface area contributed by atoms with E-state index in [0.717, 1.165) is 19.3 Å². The molecule has 1 atom stereocenters. The Morgan fingerprint density at radius 1 is 1.05 bits per heavy atom. The van der Waals surface area contributed by atoms with Gasteiger partial charge in [-0.3, -0.25) is 9.59 Å². The number of amides is 1. The van der Waals surface area contributed by atoms with Crippen LogP contribution in [-0.4, -0.2) is 34.1 Å². The van der Waals surface area contributed by atoms with Crippen molar-refractivity contribution in [3.63, 3.8) is 0 Å². The van der Waals surface area contributed by atoms with E-state index in [-0.39, 0.29) is 12.8 Å². The number of aliphatic carboxylic acids is 2. The summed E-state index contributed by atoms with van der Waals surface area (Å²) in [7, 11) is 0. The van der Waals surface area contributed by atoms with Gasteiger partial charge in [0.05, 0.1) is 0 Å². The number of unbranched alkanes of at least 4 members (excludes halogenated alkanes) is 6. The number of carboxylic acids is 2. The van der Waals surface area contributed by atoms with Gasteiger partial charge in [0.15, 0.2) is 0 Å². The van der Waals surface area contributed by atoms with Gasteiger partial charge in [0.1, 0.15) is 6.04 Å². The van der Waals surface area contributed by atoms with Crippen LogP contribution in [0.2, 0.25) is 0 Å². The minimum Gasteiger partial charge on any atom is -0.481 e. The van der Waals surface area contributed by atoms with Gasteiger partial charge in [-0.2, -0.15) is 0 Å². The number of carbonyl (C=O) groups is 3. The first-order chi connectivity index (χ1) is 10.5. The molecule has 0 aliphatic carbocycles. The van der Waals surface area contributed by atoms with Gasteiger partial charge in [0, 0.05) is 12.8 Å². The summed E-state index contributed by atoms with van der Waals surface area (Å²) in [5, 5.41) is 19.6. The molecule has 0 rings (SSSR count). The third-order valence-corrected chi connectivity index (χ3v) is 3.11. The molecule has 0 saturated heterocycles. The zero-order valence-electron chi connectivity index (χ0n) is 13.1. The smallest absolute Gasteiger partial charge is 0.326 e. The summed E-state index contributed by atoms with van der Waals surface area (Å²) < 4.78 is 0. The molecule has 6 nitrogen and oxygen atoms in total. The van der Waals surface area contributed by atoms with Crippen LogP contribution in [0.25, 0.3) is 0 Å². The van der Waals surface area contributed by atoms with Crippen LogP contribution in [-0.2, 0) is 14.4 Å². The third kappa shape index (κ3) is 11.8. The van der Waals surface area contributed by atoms with Crippen molar-refractivity contribution in [1.82, 2.24) is 5.32 Å². The molecule has 0 spiro atoms. The number of carboxylic acid groups (broad SMARTS) is 2. The van der Waals surface area contributed by atoms with E-state index in [2.05, 4.69) is 24.1 Å². The van der Waals surface area contributed by atoms with Crippen molar-refractivity contribution in [3.8, 4) is 11.8 Å². The van der Waals surface area contributed by atoms with E-state index in [9.17, 15) is 14.4 Å². The highest BCUT2D eigenvalue weighted by atomic mass is 16.4. The van der Waals surface area contributed by atoms with E-state index in [1.165, 1.54) is 19.3 Å². The minimum absolute atomic E-state index is 0.157. The molecular formula is C16H25NO5. The number of carbonyl (C=O) groups excluding carboxylic acids is 1. The number of rotatable bonds is 11. The van der Waals surface area contributed by atoms with Crippen LogP contribution in [0.4, 0.5) is 0 Å². The van der Waals surface area contributed by atoms with Crippen LogP contribution >= 0.6 is 0 Å². The van der Waals surface area contributed by atoms with Crippen LogP contribution in [0.15, 0.2) is 0 Å². The van der Waals surface area contributed by atoms with E-state index in [0.29, 0.717) is 6.42 Å². The summed E-state index contributed by atoms with van der Waals surface area (Å²) in [6, 6.07) is -1.22. The Kier molecular flexibility index (Phi) is 11.5. The maximum Gasteiger partial charge on any atom is 0.326 e. The zero-order valence-corrected chi connectivity index (χ0v) is 13.1. The molecule has 0 aliphatic heterocycles. The second kappa shape index (κ2) is 12.7. The van der Waals surface area contributed by atoms with Gasteiger partial charge in [0.2, 0.25) is 0 Å². The van der Waals surface area contributed by atoms with Crippen LogP contribution < -0.4 is 5.32 Å². The average Bonchev–Trinajstić information content (AvgIpc) is 2.45. The second-order valence-corrected chi connectivity index (χ2v) is 5.12. The van der Waals surface area contributed by atoms with E-state index in [1.54, 1.807) is 0 Å². The first-order valence-corrected chi connectivity index (χ1v) is 7.71. The molecule has 3 N–H and O–H groups in total. The molecule has 0 radical (unpaired) electrons. The average molecular weight is 311 g/mol. The van der Waals surface area contributed by atoms with Crippen LogP contribution in [0.3, 0.4) is 0 Å². The first kappa shape index (κ1) is 20.0. The lowest BCUT2D eigenvalue weighted by Crippen LogP contribution is -2.40. The standard InChI is InChI=1S/C16H25NO5/c1-2-3-4-5-6-7-8-9-10-14(18)17-13(16(21)22)11-12-15(19)20/h13H,2-8,11-12H2,1H3,(H,17,18)(H,19,20)(H,21,22)/t13-/m0/s1. The van der Waals surface area contributed by atoms with Crippen molar-refractivity contribution in [3.05, 3.63) is 0 Å². The predicted molar refractivity (Wildman–Crippen MR) is 82.2 cm³/mol. The molecule has 0 aromatic carbocycles. The van der Waals surface area contributed by atoms with Crippen molar-refractivity contribution < 1.29 is 24.6 Å². The molecule has 0 fully saturated rings. The summed E-state index contributed by atoms with van der Waals surface area (Å²) in [6.07, 6.45) is 6.95. The summed E-state index contributed by atoms with van der Waals surface area (Å²) in [4.78, 5) is 32.8. The lowest BCUT2D eigenvalue weighted by Gasteiger charge is -2.10. The minimum atomic E-state index is -1.26. The van der Waals surface area contributed by atoms with Crippen molar-refractivity contribution in [2.24, 2.45) is 0 Å². The van der Waals surface area contributed by atoms with E-state index < -0.39 is 23.9 Å². The third-order valence-electron chi connectivity index (χ3n) is 3.11. The second-order valence-electron chi connectivity index (χ2n) is 5.12. The monoisotopic (exact) mass is 311 g/mol. The highest BCUT2D eigenvalue weighted by Crippen LogP contribution is 2.06. The largest absolute Gasteiger partial charge is 0.481 e. The Morgan fingerprint density at radius 2 is 1.68 bits per heavy atom. The van der Waals surface area contributed by atoms with Crippen molar-refractivity contribution in [1.29, 1.82) is 0 Å². The number of hydrogen-bond donors (Lipinski definition) is 3. The van der Waals surface area contributed by atoms with Crippen LogP contribution in [0.1, 0.15) is 64.7 Å². The zero-order chi connectivity index (χ0) is 16.8. The Balaban J connectivity index is 3.96. The normalized spacial score (nSPS) is 11.1. The quantitative estimate of drug-likeness (QED) is 0.401. The van der Waals surface area contributed by atoms with Gasteiger partial charge in [-0.1, -0.05) is 44.9 Å². The topological polar surface area (TPSA) is 104 Å². The maximum atomic E-state index is 11.5. The van der Waals surface area contributed by atoms with Gasteiger partial charge >= 0.3 is 11.9 Å². The predicted octanol–water partition coefficient (Wildman–Crippen LogP) is 2.17. The molecule has 124 valence electrons. The molecule has 0 unspecified atom stereocenters. The summed E-state index contributed by atoms with van der Waals surface area (Å²) in [5.41, 5.74) is 0. The number of hydrogen-bond acceptors (Lipinski definition) is 3. The van der Waals surface area contributed by atoms with Crippen molar-refractivity contribution in [2.45, 2.75) is 70.8 Å². The molecule has 0 aromatic rings. The molecule has 0 saturated carbocycles. The Morgan fingerprint density at radius 3 is 2.27 bits per heavy atom. The van der Waals surface area contributed by atoms with E-state index in [1.807, 2.05) is 0 Å². The summed E-state index contributed by atoms with van der Waals surface area (Å²) >= 11 is 0. The highest BCUT2D eigenvalue weighted by Gasteiger charge is 2.19. The summed E-state index contributed by atoms with van der Waals surface area (Å²) in [5.74, 6) is 2.02. The lowest BCUT2D eigenvalue weighted by molar-refractivity contribution is -0.142. The van der Waals surface area contributed by atoms with Crippen molar-refractivity contribution >= 4 is 17.8 Å². The van der Waals surface area contributed by atoms with E-state index in [4.69, 9.17) is 10.2 Å². The number of nitrogens with one attached hydrogen (secondary N) is 1. The Hall–Kier alpha value is -2.03. The van der Waals surface area contributed by atoms with Crippen LogP contribution in [0, 0.1) is 11.8 Å². The first-order valence-electron chi connectivity index (χ1n) is 7.71. The van der Waals surface area contributed by atoms with E-state index >= 15 is 0 Å². The Labute approximate surface area is 131 Å². The van der Waals surface area contributed by atoms with Gasteiger partial charge < -0.3 is 15.5 Å². The fraction of sp³-hybridized carbons (Fsp3) is 0.688. The van der Waals surface area contributed by atoms with Crippen molar-refractivity contribution in [2.75, 3.05) is 0 Å². The van der Waals surface area contributed by atoms with Gasteiger partial charge in [-0.15, -0.1) is 0 Å². The molecule has 1 amide bonds. The molecule has 0 bridgehead atoms. The molecule has 6 heteroatoms. The highest BCUT2D eigenvalue weighted by molar-refractivity contribution is 5.96. The van der Waals surface area contributed by atoms with Gasteiger partial charge in [0.25, 0.3) is 5.91 Å². The maximum absolute atomic E-state index is 11.5. The van der Waals surface area contributed by atoms with Gasteiger partial charge in [-0.05, 0) is 18.8 Å². The molecule has 0 aromatic heterocycles. The SMILES string of the molecule is CCCCCCCCC#CC(=O)N[C@@H](CCC(=O)O)C(=O)O.